The van der Waals surface area contributed by atoms with Gasteiger partial charge >= 0.3 is 0 Å². The lowest BCUT2D eigenvalue weighted by Gasteiger charge is -2.32. The molecule has 1 aliphatic rings. The van der Waals surface area contributed by atoms with Crippen LogP contribution in [0.4, 0.5) is 0 Å². The number of amides is 1. The smallest absolute Gasteiger partial charge is 0.258 e. The van der Waals surface area contributed by atoms with Gasteiger partial charge in [0.1, 0.15) is 0 Å². The first-order valence-electron chi connectivity index (χ1n) is 9.05. The van der Waals surface area contributed by atoms with E-state index in [1.54, 1.807) is 7.11 Å². The maximum Gasteiger partial charge on any atom is 0.258 e. The molecule has 138 valence electrons. The summed E-state index contributed by atoms with van der Waals surface area (Å²) in [6, 6.07) is 13.1. The number of aromatic amines is 1. The van der Waals surface area contributed by atoms with Crippen LogP contribution in [0.25, 0.3) is 22.0 Å². The highest BCUT2D eigenvalue weighted by Crippen LogP contribution is 2.23. The van der Waals surface area contributed by atoms with E-state index in [0.29, 0.717) is 23.0 Å². The third-order valence-corrected chi connectivity index (χ3v) is 5.10. The molecule has 6 heteroatoms. The van der Waals surface area contributed by atoms with Crippen molar-refractivity contribution in [1.29, 1.82) is 0 Å². The molecule has 1 N–H and O–H groups in total. The standard InChI is InChI=1S/C21H21N3O3/c1-27-17-3-2-10-24(12-17)21(26)15-6-4-14(5-7-15)16-8-9-19-18(11-16)20(25)23-13-22-19/h4-9,11,13,17H,2-3,10,12H2,1H3,(H,22,23,25)/t17-/m0/s1. The first-order chi connectivity index (χ1) is 13.2. The van der Waals surface area contributed by atoms with E-state index < -0.39 is 0 Å². The Hall–Kier alpha value is -2.99. The lowest BCUT2D eigenvalue weighted by atomic mass is 10.0. The third-order valence-electron chi connectivity index (χ3n) is 5.10. The van der Waals surface area contributed by atoms with E-state index in [0.717, 1.165) is 30.5 Å². The van der Waals surface area contributed by atoms with Gasteiger partial charge in [0, 0.05) is 25.8 Å². The Balaban J connectivity index is 1.58. The van der Waals surface area contributed by atoms with Crippen LogP contribution in [0.3, 0.4) is 0 Å². The summed E-state index contributed by atoms with van der Waals surface area (Å²) in [5.41, 5.74) is 3.02. The van der Waals surface area contributed by atoms with Gasteiger partial charge in [0.25, 0.3) is 11.5 Å². The maximum atomic E-state index is 12.7. The van der Waals surface area contributed by atoms with Crippen LogP contribution in [0, 0.1) is 0 Å². The van der Waals surface area contributed by atoms with Crippen molar-refractivity contribution in [3.63, 3.8) is 0 Å². The molecule has 1 fully saturated rings. The van der Waals surface area contributed by atoms with Gasteiger partial charge in [-0.1, -0.05) is 18.2 Å². The predicted molar refractivity (Wildman–Crippen MR) is 104 cm³/mol. The topological polar surface area (TPSA) is 75.3 Å². The zero-order chi connectivity index (χ0) is 18.8. The average Bonchev–Trinajstić information content (AvgIpc) is 2.73. The number of carbonyl (C=O) groups is 1. The number of rotatable bonds is 3. The van der Waals surface area contributed by atoms with Crippen molar-refractivity contribution in [1.82, 2.24) is 14.9 Å². The van der Waals surface area contributed by atoms with Gasteiger partial charge in [-0.2, -0.15) is 0 Å². The first-order valence-corrected chi connectivity index (χ1v) is 9.05. The summed E-state index contributed by atoms with van der Waals surface area (Å²) in [5, 5.41) is 0.550. The van der Waals surface area contributed by atoms with E-state index in [1.807, 2.05) is 47.4 Å². The normalized spacial score (nSPS) is 17.2. The summed E-state index contributed by atoms with van der Waals surface area (Å²) in [4.78, 5) is 33.3. The number of piperidine rings is 1. The quantitative estimate of drug-likeness (QED) is 0.776. The molecule has 27 heavy (non-hydrogen) atoms. The van der Waals surface area contributed by atoms with Crippen molar-refractivity contribution in [2.24, 2.45) is 0 Å². The maximum absolute atomic E-state index is 12.7. The molecule has 0 unspecified atom stereocenters. The second-order valence-corrected chi connectivity index (χ2v) is 6.79. The summed E-state index contributed by atoms with van der Waals surface area (Å²) in [6.07, 6.45) is 3.47. The van der Waals surface area contributed by atoms with Gasteiger partial charge in [0.2, 0.25) is 0 Å². The van der Waals surface area contributed by atoms with Crippen LogP contribution in [0.1, 0.15) is 23.2 Å². The van der Waals surface area contributed by atoms with Crippen LogP contribution >= 0.6 is 0 Å². The molecule has 1 saturated heterocycles. The molecule has 2 heterocycles. The Morgan fingerprint density at radius 2 is 1.96 bits per heavy atom. The van der Waals surface area contributed by atoms with Gasteiger partial charge in [-0.25, -0.2) is 4.98 Å². The number of benzene rings is 2. The molecular weight excluding hydrogens is 342 g/mol. The molecule has 0 saturated carbocycles. The van der Waals surface area contributed by atoms with E-state index in [4.69, 9.17) is 4.74 Å². The monoisotopic (exact) mass is 363 g/mol. The highest BCUT2D eigenvalue weighted by Gasteiger charge is 2.24. The highest BCUT2D eigenvalue weighted by atomic mass is 16.5. The van der Waals surface area contributed by atoms with E-state index >= 15 is 0 Å². The minimum absolute atomic E-state index is 0.0301. The molecule has 4 rings (SSSR count). The molecule has 0 bridgehead atoms. The second kappa shape index (κ2) is 7.32. The van der Waals surface area contributed by atoms with Crippen LogP contribution in [0.15, 0.2) is 53.6 Å². The zero-order valence-electron chi connectivity index (χ0n) is 15.1. The molecule has 0 aliphatic carbocycles. The number of likely N-dealkylation sites (tertiary alicyclic amines) is 1. The predicted octanol–water partition coefficient (Wildman–Crippen LogP) is 2.84. The Morgan fingerprint density at radius 1 is 1.19 bits per heavy atom. The first kappa shape index (κ1) is 17.4. The molecule has 1 aromatic heterocycles. The lowest BCUT2D eigenvalue weighted by molar-refractivity contribution is 0.0269. The lowest BCUT2D eigenvalue weighted by Crippen LogP contribution is -2.42. The van der Waals surface area contributed by atoms with Crippen LogP contribution in [-0.4, -0.2) is 47.1 Å². The number of hydrogen-bond acceptors (Lipinski definition) is 4. The molecule has 1 atom stereocenters. The fraction of sp³-hybridized carbons (Fsp3) is 0.286. The van der Waals surface area contributed by atoms with Gasteiger partial charge in [-0.3, -0.25) is 9.59 Å². The van der Waals surface area contributed by atoms with E-state index in [9.17, 15) is 9.59 Å². The summed E-state index contributed by atoms with van der Waals surface area (Å²) in [5.74, 6) is 0.0301. The Kier molecular flexibility index (Phi) is 4.73. The minimum atomic E-state index is -0.161. The van der Waals surface area contributed by atoms with E-state index in [1.165, 1.54) is 6.33 Å². The second-order valence-electron chi connectivity index (χ2n) is 6.79. The number of ether oxygens (including phenoxy) is 1. The molecule has 3 aromatic rings. The SMILES string of the molecule is CO[C@H]1CCCN(C(=O)c2ccc(-c3ccc4nc[nH]c(=O)c4c3)cc2)C1. The fourth-order valence-electron chi connectivity index (χ4n) is 3.55. The summed E-state index contributed by atoms with van der Waals surface area (Å²) < 4.78 is 5.40. The van der Waals surface area contributed by atoms with Gasteiger partial charge in [0.15, 0.2) is 0 Å². The molecule has 0 spiro atoms. The molecule has 1 amide bonds. The minimum Gasteiger partial charge on any atom is -0.380 e. The Morgan fingerprint density at radius 3 is 2.74 bits per heavy atom. The molecule has 1 aliphatic heterocycles. The van der Waals surface area contributed by atoms with Gasteiger partial charge in [-0.05, 0) is 48.2 Å². The van der Waals surface area contributed by atoms with Crippen LogP contribution in [-0.2, 0) is 4.74 Å². The molecule has 0 radical (unpaired) electrons. The number of methoxy groups -OCH3 is 1. The third kappa shape index (κ3) is 3.48. The highest BCUT2D eigenvalue weighted by molar-refractivity contribution is 5.95. The van der Waals surface area contributed by atoms with Crippen molar-refractivity contribution < 1.29 is 9.53 Å². The average molecular weight is 363 g/mol. The number of fused-ring (bicyclic) bond motifs is 1. The fourth-order valence-corrected chi connectivity index (χ4v) is 3.55. The molecular formula is C21H21N3O3. The van der Waals surface area contributed by atoms with E-state index in [-0.39, 0.29) is 17.6 Å². The summed E-state index contributed by atoms with van der Waals surface area (Å²) >= 11 is 0. The van der Waals surface area contributed by atoms with Crippen molar-refractivity contribution >= 4 is 16.8 Å². The summed E-state index contributed by atoms with van der Waals surface area (Å²) in [6.45, 7) is 1.40. The number of carbonyl (C=O) groups excluding carboxylic acids is 1. The van der Waals surface area contributed by atoms with Gasteiger partial charge in [-0.15, -0.1) is 0 Å². The number of H-pyrrole nitrogens is 1. The zero-order valence-corrected chi connectivity index (χ0v) is 15.1. The largest absolute Gasteiger partial charge is 0.380 e. The van der Waals surface area contributed by atoms with Crippen molar-refractivity contribution in [2.45, 2.75) is 18.9 Å². The number of nitrogens with zero attached hydrogens (tertiary/aromatic N) is 2. The van der Waals surface area contributed by atoms with Crippen molar-refractivity contribution in [3.8, 4) is 11.1 Å². The van der Waals surface area contributed by atoms with Crippen LogP contribution < -0.4 is 5.56 Å². The van der Waals surface area contributed by atoms with Crippen LogP contribution in [0.5, 0.6) is 0 Å². The number of aromatic nitrogens is 2. The van der Waals surface area contributed by atoms with Crippen molar-refractivity contribution in [3.05, 3.63) is 64.7 Å². The van der Waals surface area contributed by atoms with Crippen LogP contribution in [0.2, 0.25) is 0 Å². The van der Waals surface area contributed by atoms with E-state index in [2.05, 4.69) is 9.97 Å². The van der Waals surface area contributed by atoms with Crippen molar-refractivity contribution in [2.75, 3.05) is 20.2 Å². The summed E-state index contributed by atoms with van der Waals surface area (Å²) in [7, 11) is 1.69. The Bertz CT molecular complexity index is 1030. The van der Waals surface area contributed by atoms with Gasteiger partial charge < -0.3 is 14.6 Å². The number of hydrogen-bond donors (Lipinski definition) is 1. The van der Waals surface area contributed by atoms with Gasteiger partial charge in [0.05, 0.1) is 23.3 Å². The number of nitrogens with one attached hydrogen (secondary N) is 1. The molecule has 6 nitrogen and oxygen atoms in total. The molecule has 2 aromatic carbocycles. The Labute approximate surface area is 156 Å².